The van der Waals surface area contributed by atoms with Crippen molar-refractivity contribution in [2.45, 2.75) is 20.3 Å². The maximum absolute atomic E-state index is 2.87. The van der Waals surface area contributed by atoms with Crippen LogP contribution >= 0.6 is 27.7 Å². The zero-order valence-electron chi connectivity index (χ0n) is 12.9. The lowest BCUT2D eigenvalue weighted by Gasteiger charge is -2.15. The van der Waals surface area contributed by atoms with Crippen LogP contribution in [0.3, 0.4) is 0 Å². The minimum Gasteiger partial charge on any atom is -0.137 e. The highest BCUT2D eigenvalue weighted by Crippen LogP contribution is 2.28. The zero-order chi connectivity index (χ0) is 15.4. The van der Waals surface area contributed by atoms with Crippen molar-refractivity contribution in [2.24, 2.45) is 5.92 Å². The van der Waals surface area contributed by atoms with E-state index in [0.29, 0.717) is 0 Å². The van der Waals surface area contributed by atoms with Gasteiger partial charge in [0.05, 0.1) is 0 Å². The van der Waals surface area contributed by atoms with Gasteiger partial charge in [-0.3, -0.25) is 0 Å². The van der Waals surface area contributed by atoms with Gasteiger partial charge in [0.25, 0.3) is 0 Å². The summed E-state index contributed by atoms with van der Waals surface area (Å²) in [6, 6.07) is 13.6. The second kappa shape index (κ2) is 7.83. The molecule has 0 aromatic heterocycles. The van der Waals surface area contributed by atoms with Crippen LogP contribution in [0.5, 0.6) is 0 Å². The van der Waals surface area contributed by atoms with Gasteiger partial charge in [-0.1, -0.05) is 36.4 Å². The van der Waals surface area contributed by atoms with E-state index in [0.717, 1.165) is 12.3 Å². The van der Waals surface area contributed by atoms with Gasteiger partial charge in [-0.05, 0) is 71.6 Å². The Morgan fingerprint density at radius 2 is 1.43 bits per heavy atom. The van der Waals surface area contributed by atoms with E-state index < -0.39 is 0 Å². The van der Waals surface area contributed by atoms with Crippen LogP contribution in [0, 0.1) is 19.8 Å². The van der Waals surface area contributed by atoms with Gasteiger partial charge in [-0.25, -0.2) is 0 Å². The van der Waals surface area contributed by atoms with E-state index in [9.17, 15) is 0 Å². The summed E-state index contributed by atoms with van der Waals surface area (Å²) in [5.74, 6) is 0.739. The lowest BCUT2D eigenvalue weighted by molar-refractivity contribution is 0.670. The van der Waals surface area contributed by atoms with Gasteiger partial charge in [0.15, 0.2) is 0 Å². The molecular weight excluding hydrogens is 309 g/mol. The summed E-state index contributed by atoms with van der Waals surface area (Å²) >= 11 is 0. The minimum absolute atomic E-state index is 0.739. The van der Waals surface area contributed by atoms with Crippen LogP contribution < -0.4 is 5.30 Å². The Morgan fingerprint density at radius 3 is 1.95 bits per heavy atom. The molecule has 0 aliphatic heterocycles. The van der Waals surface area contributed by atoms with E-state index in [1.165, 1.54) is 45.4 Å². The normalized spacial score (nSPS) is 11.1. The van der Waals surface area contributed by atoms with E-state index in [-0.39, 0.29) is 0 Å². The predicted octanol–water partition coefficient (Wildman–Crippen LogP) is 4.38. The molecule has 3 unspecified atom stereocenters. The van der Waals surface area contributed by atoms with Crippen LogP contribution in [0.2, 0.25) is 0 Å². The van der Waals surface area contributed by atoms with Crippen molar-refractivity contribution in [2.75, 3.05) is 12.3 Å². The number of rotatable bonds is 5. The first kappa shape index (κ1) is 17.1. The Kier molecular flexibility index (Phi) is 6.37. The summed E-state index contributed by atoms with van der Waals surface area (Å²) in [5.41, 5.74) is 6.87. The van der Waals surface area contributed by atoms with Gasteiger partial charge >= 0.3 is 0 Å². The first-order valence-corrected chi connectivity index (χ1v) is 9.62. The second-order valence-corrected chi connectivity index (χ2v) is 7.37. The standard InChI is InChI=1S/C18H25P3/c1-12-7-14(9-15(10-19)11-20)3-5-17(12)18-6-4-16(21)8-13(18)2/h3-8,15H,9-11,19-21H2,1-2H3. The summed E-state index contributed by atoms with van der Waals surface area (Å²) in [7, 11) is 8.51. The molecule has 0 heterocycles. The Bertz CT molecular complexity index is 616. The molecule has 0 aliphatic carbocycles. The molecule has 112 valence electrons. The summed E-state index contributed by atoms with van der Waals surface area (Å²) < 4.78 is 0. The third-order valence-electron chi connectivity index (χ3n) is 4.02. The number of hydrogen-bond donors (Lipinski definition) is 0. The third kappa shape index (κ3) is 4.36. The summed E-state index contributed by atoms with van der Waals surface area (Å²) in [5, 5.41) is 1.24. The largest absolute Gasteiger partial charge is 0.137 e. The molecule has 0 amide bonds. The molecule has 0 N–H and O–H groups in total. The molecule has 0 aliphatic rings. The molecule has 3 atom stereocenters. The molecule has 3 heteroatoms. The zero-order valence-corrected chi connectivity index (χ0v) is 16.4. The Balaban J connectivity index is 2.31. The van der Waals surface area contributed by atoms with Gasteiger partial charge in [0.1, 0.15) is 0 Å². The molecule has 0 saturated heterocycles. The lowest BCUT2D eigenvalue weighted by atomic mass is 9.93. The van der Waals surface area contributed by atoms with Gasteiger partial charge in [-0.2, -0.15) is 0 Å². The molecule has 0 saturated carbocycles. The van der Waals surface area contributed by atoms with Crippen molar-refractivity contribution in [3.8, 4) is 11.1 Å². The SMILES string of the molecule is Cc1cc(P)ccc1-c1ccc(CC(CP)CP)cc1C. The van der Waals surface area contributed by atoms with Crippen LogP contribution in [0.25, 0.3) is 11.1 Å². The van der Waals surface area contributed by atoms with Gasteiger partial charge in [-0.15, -0.1) is 27.7 Å². The minimum atomic E-state index is 0.739. The highest BCUT2D eigenvalue weighted by molar-refractivity contribution is 7.27. The molecule has 2 aromatic carbocycles. The molecule has 21 heavy (non-hydrogen) atoms. The fourth-order valence-corrected chi connectivity index (χ4v) is 4.19. The predicted molar refractivity (Wildman–Crippen MR) is 107 cm³/mol. The van der Waals surface area contributed by atoms with E-state index in [1.807, 2.05) is 0 Å². The fraction of sp³-hybridized carbons (Fsp3) is 0.333. The fourth-order valence-electron chi connectivity index (χ4n) is 2.74. The second-order valence-electron chi connectivity index (χ2n) is 5.77. The number of benzene rings is 2. The smallest absolute Gasteiger partial charge is 0.0152 e. The highest BCUT2D eigenvalue weighted by atomic mass is 31.0. The number of aryl methyl sites for hydroxylation is 2. The maximum Gasteiger partial charge on any atom is -0.0152 e. The van der Waals surface area contributed by atoms with Crippen LogP contribution in [-0.2, 0) is 6.42 Å². The van der Waals surface area contributed by atoms with Crippen molar-refractivity contribution < 1.29 is 0 Å². The van der Waals surface area contributed by atoms with Crippen molar-refractivity contribution in [1.82, 2.24) is 0 Å². The Labute approximate surface area is 136 Å². The Hall–Kier alpha value is -0.270. The van der Waals surface area contributed by atoms with Crippen LogP contribution in [0.4, 0.5) is 0 Å². The monoisotopic (exact) mass is 334 g/mol. The van der Waals surface area contributed by atoms with E-state index in [4.69, 9.17) is 0 Å². The molecule has 0 bridgehead atoms. The first-order chi connectivity index (χ1) is 10.0. The molecular formula is C18H25P3. The van der Waals surface area contributed by atoms with Crippen molar-refractivity contribution >= 4 is 33.0 Å². The van der Waals surface area contributed by atoms with Crippen LogP contribution in [0.15, 0.2) is 36.4 Å². The average Bonchev–Trinajstić information content (AvgIpc) is 2.46. The van der Waals surface area contributed by atoms with Crippen LogP contribution in [-0.4, -0.2) is 12.3 Å². The Morgan fingerprint density at radius 1 is 0.857 bits per heavy atom. The van der Waals surface area contributed by atoms with Gasteiger partial charge < -0.3 is 0 Å². The lowest BCUT2D eigenvalue weighted by Crippen LogP contribution is -2.07. The molecule has 0 radical (unpaired) electrons. The van der Waals surface area contributed by atoms with Gasteiger partial charge in [0, 0.05) is 0 Å². The van der Waals surface area contributed by atoms with E-state index >= 15 is 0 Å². The summed E-state index contributed by atoms with van der Waals surface area (Å²) in [6.45, 7) is 4.41. The highest BCUT2D eigenvalue weighted by Gasteiger charge is 2.09. The number of hydrogen-bond acceptors (Lipinski definition) is 0. The molecule has 0 spiro atoms. The first-order valence-electron chi connectivity index (χ1n) is 7.41. The quantitative estimate of drug-likeness (QED) is 0.712. The topological polar surface area (TPSA) is 0 Å². The van der Waals surface area contributed by atoms with Crippen molar-refractivity contribution in [3.05, 3.63) is 53.1 Å². The molecule has 2 aromatic rings. The molecule has 0 nitrogen and oxygen atoms in total. The van der Waals surface area contributed by atoms with Crippen molar-refractivity contribution in [1.29, 1.82) is 0 Å². The summed E-state index contributed by atoms with van der Waals surface area (Å²) in [4.78, 5) is 0. The maximum atomic E-state index is 2.87. The van der Waals surface area contributed by atoms with Gasteiger partial charge in [0.2, 0.25) is 0 Å². The third-order valence-corrected chi connectivity index (χ3v) is 5.71. The van der Waals surface area contributed by atoms with Crippen molar-refractivity contribution in [3.63, 3.8) is 0 Å². The molecule has 2 rings (SSSR count). The molecule has 0 fully saturated rings. The average molecular weight is 334 g/mol. The van der Waals surface area contributed by atoms with E-state index in [1.54, 1.807) is 0 Å². The summed E-state index contributed by atoms with van der Waals surface area (Å²) in [6.07, 6.45) is 3.50. The van der Waals surface area contributed by atoms with E-state index in [2.05, 4.69) is 78.0 Å². The van der Waals surface area contributed by atoms with Crippen LogP contribution in [0.1, 0.15) is 16.7 Å².